The van der Waals surface area contributed by atoms with E-state index < -0.39 is 11.7 Å². The van der Waals surface area contributed by atoms with Crippen molar-refractivity contribution in [2.24, 2.45) is 10.2 Å². The number of H-pyrrole nitrogens is 1. The number of aromatic nitrogens is 1. The first-order chi connectivity index (χ1) is 12.1. The average Bonchev–Trinajstić information content (AvgIpc) is 2.92. The van der Waals surface area contributed by atoms with E-state index in [1.807, 2.05) is 0 Å². The standard InChI is InChI=1S/C17H15FN4O3/c1-25-12-4-2-3-11(8-12)19-9-15(23)21-22-16-13-6-5-10(18)7-14(13)20-17(16)24/h2-8,19-20,24H,9H2,1H3. The summed E-state index contributed by atoms with van der Waals surface area (Å²) in [4.78, 5) is 14.4. The molecular formula is C17H15FN4O3. The number of fused-ring (bicyclic) bond motifs is 1. The second-order valence-electron chi connectivity index (χ2n) is 5.19. The number of benzene rings is 2. The van der Waals surface area contributed by atoms with Gasteiger partial charge in [-0.15, -0.1) is 10.2 Å². The number of aromatic amines is 1. The van der Waals surface area contributed by atoms with Crippen LogP contribution >= 0.6 is 0 Å². The maximum absolute atomic E-state index is 13.2. The molecule has 25 heavy (non-hydrogen) atoms. The van der Waals surface area contributed by atoms with Gasteiger partial charge in [-0.3, -0.25) is 4.79 Å². The van der Waals surface area contributed by atoms with Gasteiger partial charge < -0.3 is 20.1 Å². The number of carbonyl (C=O) groups is 1. The highest BCUT2D eigenvalue weighted by Crippen LogP contribution is 2.35. The number of methoxy groups -OCH3 is 1. The molecule has 3 rings (SSSR count). The molecule has 0 spiro atoms. The molecule has 0 aliphatic carbocycles. The van der Waals surface area contributed by atoms with Crippen molar-refractivity contribution in [3.05, 3.63) is 48.3 Å². The van der Waals surface area contributed by atoms with Crippen molar-refractivity contribution in [2.75, 3.05) is 19.0 Å². The van der Waals surface area contributed by atoms with Gasteiger partial charge in [-0.2, -0.15) is 0 Å². The van der Waals surface area contributed by atoms with Crippen molar-refractivity contribution in [2.45, 2.75) is 0 Å². The number of nitrogens with one attached hydrogen (secondary N) is 2. The maximum atomic E-state index is 13.2. The molecule has 0 saturated heterocycles. The van der Waals surface area contributed by atoms with Crippen LogP contribution < -0.4 is 10.1 Å². The fraction of sp³-hybridized carbons (Fsp3) is 0.118. The summed E-state index contributed by atoms with van der Waals surface area (Å²) in [5, 5.41) is 20.6. The van der Waals surface area contributed by atoms with Gasteiger partial charge in [0, 0.05) is 17.1 Å². The fourth-order valence-electron chi connectivity index (χ4n) is 2.29. The van der Waals surface area contributed by atoms with E-state index in [1.165, 1.54) is 18.2 Å². The smallest absolute Gasteiger partial charge is 0.283 e. The summed E-state index contributed by atoms with van der Waals surface area (Å²) in [5.74, 6) is -0.595. The molecule has 0 radical (unpaired) electrons. The second-order valence-corrected chi connectivity index (χ2v) is 5.19. The third kappa shape index (κ3) is 3.74. The van der Waals surface area contributed by atoms with E-state index in [1.54, 1.807) is 31.4 Å². The van der Waals surface area contributed by atoms with E-state index in [-0.39, 0.29) is 18.1 Å². The highest BCUT2D eigenvalue weighted by molar-refractivity contribution is 5.94. The molecule has 7 nitrogen and oxygen atoms in total. The van der Waals surface area contributed by atoms with Crippen LogP contribution in [0.5, 0.6) is 11.6 Å². The molecule has 0 aliphatic heterocycles. The molecular weight excluding hydrogens is 327 g/mol. The summed E-state index contributed by atoms with van der Waals surface area (Å²) in [6, 6.07) is 11.0. The Morgan fingerprint density at radius 2 is 2.16 bits per heavy atom. The third-order valence-electron chi connectivity index (χ3n) is 3.49. The van der Waals surface area contributed by atoms with Crippen molar-refractivity contribution in [1.82, 2.24) is 4.98 Å². The zero-order chi connectivity index (χ0) is 17.8. The second kappa shape index (κ2) is 7.00. The van der Waals surface area contributed by atoms with Crippen LogP contribution in [-0.4, -0.2) is 29.7 Å². The van der Waals surface area contributed by atoms with Crippen LogP contribution in [0.15, 0.2) is 52.7 Å². The highest BCUT2D eigenvalue weighted by Gasteiger charge is 2.11. The first-order valence-electron chi connectivity index (χ1n) is 7.39. The molecule has 3 aromatic rings. The molecule has 0 unspecified atom stereocenters. The van der Waals surface area contributed by atoms with E-state index in [0.717, 1.165) is 0 Å². The molecule has 3 N–H and O–H groups in total. The Kier molecular flexibility index (Phi) is 4.60. The van der Waals surface area contributed by atoms with Gasteiger partial charge in [0.05, 0.1) is 19.2 Å². The number of azo groups is 1. The summed E-state index contributed by atoms with van der Waals surface area (Å²) < 4.78 is 18.3. The van der Waals surface area contributed by atoms with Crippen LogP contribution in [0.25, 0.3) is 10.9 Å². The quantitative estimate of drug-likeness (QED) is 0.615. The maximum Gasteiger partial charge on any atom is 0.283 e. The summed E-state index contributed by atoms with van der Waals surface area (Å²) in [5.41, 5.74) is 1.16. The van der Waals surface area contributed by atoms with E-state index in [9.17, 15) is 14.3 Å². The van der Waals surface area contributed by atoms with Gasteiger partial charge in [0.1, 0.15) is 11.6 Å². The SMILES string of the molecule is COc1cccc(NCC(=O)N=Nc2c(O)[nH]c3cc(F)ccc23)c1. The molecule has 1 aromatic heterocycles. The number of hydrogen-bond acceptors (Lipinski definition) is 5. The predicted octanol–water partition coefficient (Wildman–Crippen LogP) is 3.74. The van der Waals surface area contributed by atoms with Crippen LogP contribution in [0.1, 0.15) is 0 Å². The molecule has 128 valence electrons. The fourth-order valence-corrected chi connectivity index (χ4v) is 2.29. The van der Waals surface area contributed by atoms with Crippen molar-refractivity contribution < 1.29 is 19.0 Å². The Hall–Kier alpha value is -3.42. The van der Waals surface area contributed by atoms with Gasteiger partial charge in [0.2, 0.25) is 5.88 Å². The number of aromatic hydroxyl groups is 1. The Balaban J connectivity index is 1.69. The number of carbonyl (C=O) groups excluding carboxylic acids is 1. The van der Waals surface area contributed by atoms with Crippen molar-refractivity contribution in [3.8, 4) is 11.6 Å². The number of ether oxygens (including phenoxy) is 1. The molecule has 2 aromatic carbocycles. The minimum atomic E-state index is -0.529. The Labute approximate surface area is 142 Å². The van der Waals surface area contributed by atoms with Crippen LogP contribution in [-0.2, 0) is 4.79 Å². The number of nitrogens with zero attached hydrogens (tertiary/aromatic N) is 2. The summed E-state index contributed by atoms with van der Waals surface area (Å²) in [7, 11) is 1.55. The molecule has 0 aliphatic rings. The van der Waals surface area contributed by atoms with Crippen LogP contribution in [0.4, 0.5) is 15.8 Å². The molecule has 1 amide bonds. The minimum Gasteiger partial charge on any atom is -0.497 e. The number of amides is 1. The van der Waals surface area contributed by atoms with E-state index >= 15 is 0 Å². The van der Waals surface area contributed by atoms with Gasteiger partial charge >= 0.3 is 0 Å². The zero-order valence-electron chi connectivity index (χ0n) is 13.3. The van der Waals surface area contributed by atoms with Gasteiger partial charge in [-0.1, -0.05) is 6.07 Å². The third-order valence-corrected chi connectivity index (χ3v) is 3.49. The first kappa shape index (κ1) is 16.4. The molecule has 0 fully saturated rings. The normalized spacial score (nSPS) is 11.1. The number of hydrogen-bond donors (Lipinski definition) is 3. The molecule has 0 bridgehead atoms. The van der Waals surface area contributed by atoms with Gasteiger partial charge in [0.25, 0.3) is 5.91 Å². The highest BCUT2D eigenvalue weighted by atomic mass is 19.1. The topological polar surface area (TPSA) is 99.1 Å². The van der Waals surface area contributed by atoms with Crippen LogP contribution in [0, 0.1) is 5.82 Å². The predicted molar refractivity (Wildman–Crippen MR) is 90.9 cm³/mol. The van der Waals surface area contributed by atoms with E-state index in [0.29, 0.717) is 22.3 Å². The Morgan fingerprint density at radius 1 is 1.32 bits per heavy atom. The molecule has 0 saturated carbocycles. The monoisotopic (exact) mass is 342 g/mol. The zero-order valence-corrected chi connectivity index (χ0v) is 13.3. The summed E-state index contributed by atoms with van der Waals surface area (Å²) in [6.07, 6.45) is 0. The number of rotatable bonds is 5. The Bertz CT molecular complexity index is 952. The lowest BCUT2D eigenvalue weighted by molar-refractivity contribution is -0.116. The number of anilines is 1. The van der Waals surface area contributed by atoms with Gasteiger partial charge in [-0.25, -0.2) is 4.39 Å². The lowest BCUT2D eigenvalue weighted by Gasteiger charge is -2.05. The number of halogens is 1. The van der Waals surface area contributed by atoms with Gasteiger partial charge in [0.15, 0.2) is 5.69 Å². The van der Waals surface area contributed by atoms with Gasteiger partial charge in [-0.05, 0) is 30.3 Å². The van der Waals surface area contributed by atoms with E-state index in [2.05, 4.69) is 20.5 Å². The lowest BCUT2D eigenvalue weighted by atomic mass is 10.2. The largest absolute Gasteiger partial charge is 0.497 e. The first-order valence-corrected chi connectivity index (χ1v) is 7.39. The van der Waals surface area contributed by atoms with Crippen LogP contribution in [0.3, 0.4) is 0 Å². The Morgan fingerprint density at radius 3 is 2.96 bits per heavy atom. The van der Waals surface area contributed by atoms with Crippen molar-refractivity contribution in [1.29, 1.82) is 0 Å². The average molecular weight is 342 g/mol. The summed E-state index contributed by atoms with van der Waals surface area (Å²) in [6.45, 7) is -0.0750. The van der Waals surface area contributed by atoms with Crippen molar-refractivity contribution >= 4 is 28.2 Å². The summed E-state index contributed by atoms with van der Waals surface area (Å²) >= 11 is 0. The lowest BCUT2D eigenvalue weighted by Crippen LogP contribution is -2.10. The molecule has 0 atom stereocenters. The van der Waals surface area contributed by atoms with Crippen molar-refractivity contribution in [3.63, 3.8) is 0 Å². The minimum absolute atomic E-state index is 0.0750. The van der Waals surface area contributed by atoms with E-state index in [4.69, 9.17) is 4.74 Å². The molecule has 1 heterocycles. The molecule has 8 heteroatoms. The van der Waals surface area contributed by atoms with Crippen LogP contribution in [0.2, 0.25) is 0 Å².